The summed E-state index contributed by atoms with van der Waals surface area (Å²) in [7, 11) is 0. The molecular weight excluding hydrogens is 251 g/mol. The Morgan fingerprint density at radius 1 is 1.15 bits per heavy atom. The molecule has 0 aliphatic carbocycles. The zero-order chi connectivity index (χ0) is 9.26. The third-order valence-corrected chi connectivity index (χ3v) is 2.50. The van der Waals surface area contributed by atoms with Crippen LogP contribution in [0.1, 0.15) is 5.69 Å². The van der Waals surface area contributed by atoms with Gasteiger partial charge in [0.15, 0.2) is 5.65 Å². The Bertz CT molecular complexity index is 445. The fourth-order valence-corrected chi connectivity index (χ4v) is 1.54. The van der Waals surface area contributed by atoms with Gasteiger partial charge in [0.2, 0.25) is 0 Å². The predicted octanol–water partition coefficient (Wildman–Crippen LogP) is 3.18. The molecule has 13 heavy (non-hydrogen) atoms. The van der Waals surface area contributed by atoms with E-state index in [2.05, 4.69) is 25.9 Å². The molecule has 0 aliphatic heterocycles. The summed E-state index contributed by atoms with van der Waals surface area (Å²) in [5.74, 6) is 0. The molecule has 0 atom stereocenters. The second kappa shape index (κ2) is 3.60. The van der Waals surface area contributed by atoms with E-state index in [1.807, 2.05) is 18.2 Å². The number of hydrogen-bond acceptors (Lipinski definition) is 2. The van der Waals surface area contributed by atoms with Crippen molar-refractivity contribution < 1.29 is 0 Å². The van der Waals surface area contributed by atoms with Crippen LogP contribution in [0.15, 0.2) is 24.3 Å². The number of hydrogen-bond donors (Lipinski definition) is 0. The average Bonchev–Trinajstić information content (AvgIpc) is 2.16. The summed E-state index contributed by atoms with van der Waals surface area (Å²) in [5, 5.41) is 2.22. The van der Waals surface area contributed by atoms with Crippen LogP contribution < -0.4 is 0 Å². The standard InChI is InChI=1S/C9H6BrClN2/c10-5-7-3-1-6-2-4-8(11)13-9(6)12-7/h1-4H,5H2. The first-order chi connectivity index (χ1) is 6.29. The van der Waals surface area contributed by atoms with Gasteiger partial charge in [0.1, 0.15) is 5.15 Å². The first-order valence-electron chi connectivity index (χ1n) is 3.78. The number of pyridine rings is 2. The van der Waals surface area contributed by atoms with E-state index in [4.69, 9.17) is 11.6 Å². The number of nitrogens with zero attached hydrogens (tertiary/aromatic N) is 2. The molecule has 0 aliphatic rings. The number of fused-ring (bicyclic) bond motifs is 1. The summed E-state index contributed by atoms with van der Waals surface area (Å²) in [6.07, 6.45) is 0. The molecule has 0 radical (unpaired) electrons. The highest BCUT2D eigenvalue weighted by atomic mass is 79.9. The molecule has 0 fully saturated rings. The van der Waals surface area contributed by atoms with E-state index in [0.29, 0.717) is 10.8 Å². The van der Waals surface area contributed by atoms with Gasteiger partial charge >= 0.3 is 0 Å². The third-order valence-electron chi connectivity index (χ3n) is 1.71. The lowest BCUT2D eigenvalue weighted by Gasteiger charge is -1.98. The van der Waals surface area contributed by atoms with Crippen LogP contribution in [0.3, 0.4) is 0 Å². The first kappa shape index (κ1) is 8.91. The van der Waals surface area contributed by atoms with Gasteiger partial charge in [0, 0.05) is 10.7 Å². The highest BCUT2D eigenvalue weighted by Gasteiger charge is 1.98. The summed E-state index contributed by atoms with van der Waals surface area (Å²) >= 11 is 9.09. The zero-order valence-electron chi connectivity index (χ0n) is 6.67. The Labute approximate surface area is 89.1 Å². The molecule has 2 heterocycles. The lowest BCUT2D eigenvalue weighted by molar-refractivity contribution is 1.19. The SMILES string of the molecule is Clc1ccc2ccc(CBr)nc2n1. The minimum Gasteiger partial charge on any atom is -0.232 e. The number of rotatable bonds is 1. The van der Waals surface area contributed by atoms with Gasteiger partial charge in [-0.3, -0.25) is 0 Å². The van der Waals surface area contributed by atoms with Crippen molar-refractivity contribution in [1.82, 2.24) is 9.97 Å². The van der Waals surface area contributed by atoms with Crippen LogP contribution >= 0.6 is 27.5 Å². The Kier molecular flexibility index (Phi) is 2.47. The fraction of sp³-hybridized carbons (Fsp3) is 0.111. The summed E-state index contributed by atoms with van der Waals surface area (Å²) in [6, 6.07) is 7.63. The third kappa shape index (κ3) is 1.81. The molecule has 0 spiro atoms. The molecule has 0 N–H and O–H groups in total. The largest absolute Gasteiger partial charge is 0.232 e. The number of aromatic nitrogens is 2. The molecule has 2 nitrogen and oxygen atoms in total. The van der Waals surface area contributed by atoms with Gasteiger partial charge in [-0.2, -0.15) is 0 Å². The summed E-state index contributed by atoms with van der Waals surface area (Å²) in [4.78, 5) is 8.43. The van der Waals surface area contributed by atoms with Gasteiger partial charge in [-0.1, -0.05) is 27.5 Å². The van der Waals surface area contributed by atoms with E-state index in [0.717, 1.165) is 16.4 Å². The molecule has 0 saturated heterocycles. The Morgan fingerprint density at radius 3 is 2.69 bits per heavy atom. The molecular formula is C9H6BrClN2. The van der Waals surface area contributed by atoms with E-state index < -0.39 is 0 Å². The van der Waals surface area contributed by atoms with Crippen molar-refractivity contribution in [2.45, 2.75) is 5.33 Å². The second-order valence-electron chi connectivity index (χ2n) is 2.62. The van der Waals surface area contributed by atoms with Crippen molar-refractivity contribution in [1.29, 1.82) is 0 Å². The van der Waals surface area contributed by atoms with Crippen LogP contribution in [0, 0.1) is 0 Å². The van der Waals surface area contributed by atoms with E-state index in [1.165, 1.54) is 0 Å². The van der Waals surface area contributed by atoms with Crippen LogP contribution in [-0.2, 0) is 5.33 Å². The van der Waals surface area contributed by atoms with Crippen LogP contribution in [0.25, 0.3) is 11.0 Å². The highest BCUT2D eigenvalue weighted by Crippen LogP contribution is 2.14. The Hall–Kier alpha value is -0.670. The van der Waals surface area contributed by atoms with Crippen LogP contribution in [0.5, 0.6) is 0 Å². The van der Waals surface area contributed by atoms with Crippen LogP contribution in [0.2, 0.25) is 5.15 Å². The molecule has 0 saturated carbocycles. The molecule has 2 aromatic rings. The van der Waals surface area contributed by atoms with Crippen molar-refractivity contribution in [2.75, 3.05) is 0 Å². The molecule has 2 aromatic heterocycles. The van der Waals surface area contributed by atoms with Gasteiger partial charge < -0.3 is 0 Å². The summed E-state index contributed by atoms with van der Waals surface area (Å²) in [5.41, 5.74) is 1.66. The zero-order valence-corrected chi connectivity index (χ0v) is 9.01. The van der Waals surface area contributed by atoms with Crippen molar-refractivity contribution in [3.63, 3.8) is 0 Å². The topological polar surface area (TPSA) is 25.8 Å². The maximum Gasteiger partial charge on any atom is 0.161 e. The van der Waals surface area contributed by atoms with Crippen LogP contribution in [-0.4, -0.2) is 9.97 Å². The molecule has 66 valence electrons. The van der Waals surface area contributed by atoms with Crippen molar-refractivity contribution in [2.24, 2.45) is 0 Å². The predicted molar refractivity (Wildman–Crippen MR) is 57.2 cm³/mol. The fourth-order valence-electron chi connectivity index (χ4n) is 1.09. The second-order valence-corrected chi connectivity index (χ2v) is 3.56. The monoisotopic (exact) mass is 256 g/mol. The molecule has 0 bridgehead atoms. The summed E-state index contributed by atoms with van der Waals surface area (Å²) in [6.45, 7) is 0. The lowest BCUT2D eigenvalue weighted by Crippen LogP contribution is -1.88. The minimum absolute atomic E-state index is 0.478. The van der Waals surface area contributed by atoms with E-state index in [9.17, 15) is 0 Å². The van der Waals surface area contributed by atoms with Gasteiger partial charge in [-0.05, 0) is 24.3 Å². The van der Waals surface area contributed by atoms with Crippen LogP contribution in [0.4, 0.5) is 0 Å². The number of halogens is 2. The molecule has 0 amide bonds. The Balaban J connectivity index is 2.68. The molecule has 0 aromatic carbocycles. The smallest absolute Gasteiger partial charge is 0.161 e. The highest BCUT2D eigenvalue weighted by molar-refractivity contribution is 9.08. The molecule has 0 unspecified atom stereocenters. The molecule has 2 rings (SSSR count). The molecule has 4 heteroatoms. The average molecular weight is 258 g/mol. The van der Waals surface area contributed by atoms with Crippen molar-refractivity contribution in [3.05, 3.63) is 35.1 Å². The van der Waals surface area contributed by atoms with Crippen molar-refractivity contribution in [3.8, 4) is 0 Å². The quantitative estimate of drug-likeness (QED) is 0.579. The van der Waals surface area contributed by atoms with Gasteiger partial charge in [0.05, 0.1) is 5.69 Å². The van der Waals surface area contributed by atoms with Gasteiger partial charge in [0.25, 0.3) is 0 Å². The first-order valence-corrected chi connectivity index (χ1v) is 5.28. The summed E-state index contributed by atoms with van der Waals surface area (Å²) < 4.78 is 0. The van der Waals surface area contributed by atoms with Gasteiger partial charge in [-0.15, -0.1) is 0 Å². The van der Waals surface area contributed by atoms with E-state index >= 15 is 0 Å². The minimum atomic E-state index is 0.478. The normalized spacial score (nSPS) is 10.6. The Morgan fingerprint density at radius 2 is 1.92 bits per heavy atom. The maximum absolute atomic E-state index is 5.75. The van der Waals surface area contributed by atoms with E-state index in [1.54, 1.807) is 6.07 Å². The number of alkyl halides is 1. The van der Waals surface area contributed by atoms with Crippen molar-refractivity contribution >= 4 is 38.6 Å². The lowest BCUT2D eigenvalue weighted by atomic mass is 10.3. The van der Waals surface area contributed by atoms with E-state index in [-0.39, 0.29) is 0 Å². The maximum atomic E-state index is 5.75. The van der Waals surface area contributed by atoms with Gasteiger partial charge in [-0.25, -0.2) is 9.97 Å².